The van der Waals surface area contributed by atoms with Gasteiger partial charge >= 0.3 is 5.97 Å². The second-order valence-electron chi connectivity index (χ2n) is 5.17. The van der Waals surface area contributed by atoms with Gasteiger partial charge in [0.25, 0.3) is 5.91 Å². The molecule has 0 spiro atoms. The van der Waals surface area contributed by atoms with Crippen LogP contribution in [0.1, 0.15) is 16.8 Å². The maximum absolute atomic E-state index is 13.7. The highest BCUT2D eigenvalue weighted by Gasteiger charge is 2.43. The Kier molecular flexibility index (Phi) is 3.74. The number of nitrogens with zero attached hydrogens (tertiary/aromatic N) is 1. The Labute approximate surface area is 129 Å². The van der Waals surface area contributed by atoms with E-state index in [2.05, 4.69) is 10.3 Å². The van der Waals surface area contributed by atoms with Crippen LogP contribution in [0.2, 0.25) is 0 Å². The molecule has 2 aromatic rings. The number of pyridine rings is 1. The molecule has 2 N–H and O–H groups in total. The quantitative estimate of drug-likeness (QED) is 0.905. The third kappa shape index (κ3) is 2.52. The number of halogens is 1. The predicted octanol–water partition coefficient (Wildman–Crippen LogP) is 2.06. The molecule has 5 nitrogen and oxygen atoms in total. The van der Waals surface area contributed by atoms with Crippen LogP contribution in [0.25, 0.3) is 10.9 Å². The van der Waals surface area contributed by atoms with Crippen molar-refractivity contribution < 1.29 is 19.1 Å². The van der Waals surface area contributed by atoms with E-state index in [1.54, 1.807) is 12.1 Å². The van der Waals surface area contributed by atoms with Gasteiger partial charge in [-0.1, -0.05) is 6.07 Å². The van der Waals surface area contributed by atoms with Gasteiger partial charge in [-0.15, -0.1) is 0 Å². The van der Waals surface area contributed by atoms with Gasteiger partial charge < -0.3 is 10.4 Å². The Morgan fingerprint density at radius 1 is 1.41 bits per heavy atom. The number of carboxylic acids is 1. The molecule has 1 fully saturated rings. The lowest BCUT2D eigenvalue weighted by Gasteiger charge is -2.24. The number of thioether (sulfide) groups is 1. The summed E-state index contributed by atoms with van der Waals surface area (Å²) >= 11 is 1.47. The van der Waals surface area contributed by atoms with Gasteiger partial charge in [0, 0.05) is 17.3 Å². The van der Waals surface area contributed by atoms with Crippen LogP contribution in [0.15, 0.2) is 30.5 Å². The lowest BCUT2D eigenvalue weighted by atomic mass is 9.98. The molecule has 3 rings (SSSR count). The summed E-state index contributed by atoms with van der Waals surface area (Å²) in [6.45, 7) is 0. The fourth-order valence-corrected chi connectivity index (χ4v) is 3.82. The molecule has 1 aliphatic heterocycles. The van der Waals surface area contributed by atoms with Crippen molar-refractivity contribution in [2.45, 2.75) is 12.0 Å². The molecule has 7 heteroatoms. The van der Waals surface area contributed by atoms with Gasteiger partial charge in [0.1, 0.15) is 11.4 Å². The fraction of sp³-hybridized carbons (Fsp3) is 0.267. The summed E-state index contributed by atoms with van der Waals surface area (Å²) in [7, 11) is 0. The highest BCUT2D eigenvalue weighted by atomic mass is 32.2. The van der Waals surface area contributed by atoms with Crippen molar-refractivity contribution in [1.82, 2.24) is 10.3 Å². The summed E-state index contributed by atoms with van der Waals surface area (Å²) in [6, 6.07) is 5.68. The normalized spacial score (nSPS) is 21.0. The van der Waals surface area contributed by atoms with Crippen LogP contribution in [0.4, 0.5) is 4.39 Å². The number of carbonyl (C=O) groups excluding carboxylic acids is 1. The molecule has 22 heavy (non-hydrogen) atoms. The number of carbonyl (C=O) groups is 2. The number of hydrogen-bond acceptors (Lipinski definition) is 4. The Hall–Kier alpha value is -2.15. The first kappa shape index (κ1) is 14.8. The van der Waals surface area contributed by atoms with Crippen LogP contribution in [-0.2, 0) is 4.79 Å². The molecule has 1 unspecified atom stereocenters. The first-order valence-corrected chi connectivity index (χ1v) is 7.85. The van der Waals surface area contributed by atoms with Crippen molar-refractivity contribution in [3.8, 4) is 0 Å². The Bertz CT molecular complexity index is 760. The number of rotatable bonds is 3. The van der Waals surface area contributed by atoms with Gasteiger partial charge in [-0.25, -0.2) is 9.18 Å². The molecular formula is C15H13FN2O3S. The maximum atomic E-state index is 13.7. The first-order valence-electron chi connectivity index (χ1n) is 6.70. The van der Waals surface area contributed by atoms with Crippen molar-refractivity contribution in [3.05, 3.63) is 41.8 Å². The van der Waals surface area contributed by atoms with Gasteiger partial charge in [-0.3, -0.25) is 9.78 Å². The summed E-state index contributed by atoms with van der Waals surface area (Å²) < 4.78 is 13.7. The molecule has 1 aromatic carbocycles. The first-order chi connectivity index (χ1) is 10.5. The van der Waals surface area contributed by atoms with E-state index in [4.69, 9.17) is 0 Å². The van der Waals surface area contributed by atoms with Gasteiger partial charge in [0.2, 0.25) is 0 Å². The topological polar surface area (TPSA) is 79.3 Å². The van der Waals surface area contributed by atoms with Crippen LogP contribution in [0.3, 0.4) is 0 Å². The standard InChI is InChI=1S/C15H13FN2O3S/c16-10-6-9-2-1-4-17-12(9)11(7-10)13(19)18-15(14(20)21)3-5-22-8-15/h1-2,4,6-7H,3,5,8H2,(H,18,19)(H,20,21). The van der Waals surface area contributed by atoms with Gasteiger partial charge in [0.05, 0.1) is 11.1 Å². The average Bonchev–Trinajstić information content (AvgIpc) is 2.96. The van der Waals surface area contributed by atoms with E-state index in [1.165, 1.54) is 24.0 Å². The monoisotopic (exact) mass is 320 g/mol. The van der Waals surface area contributed by atoms with E-state index >= 15 is 0 Å². The minimum absolute atomic E-state index is 0.0492. The van der Waals surface area contributed by atoms with Crippen LogP contribution in [-0.4, -0.2) is 39.0 Å². The molecule has 0 saturated carbocycles. The van der Waals surface area contributed by atoms with E-state index < -0.39 is 23.2 Å². The second-order valence-corrected chi connectivity index (χ2v) is 6.28. The van der Waals surface area contributed by atoms with Crippen molar-refractivity contribution in [3.63, 3.8) is 0 Å². The van der Waals surface area contributed by atoms with Crippen LogP contribution >= 0.6 is 11.8 Å². The molecule has 0 aliphatic carbocycles. The largest absolute Gasteiger partial charge is 0.479 e. The molecule has 2 heterocycles. The highest BCUT2D eigenvalue weighted by Crippen LogP contribution is 2.29. The van der Waals surface area contributed by atoms with E-state index in [9.17, 15) is 19.1 Å². The number of hydrogen-bond donors (Lipinski definition) is 2. The molecular weight excluding hydrogens is 307 g/mol. The zero-order chi connectivity index (χ0) is 15.7. The SMILES string of the molecule is O=C(NC1(C(=O)O)CCSC1)c1cc(F)cc2cccnc12. The Balaban J connectivity index is 2.00. The predicted molar refractivity (Wildman–Crippen MR) is 81.5 cm³/mol. The molecule has 114 valence electrons. The van der Waals surface area contributed by atoms with Crippen molar-refractivity contribution in [2.24, 2.45) is 0 Å². The van der Waals surface area contributed by atoms with Gasteiger partial charge in [-0.05, 0) is 30.4 Å². The second kappa shape index (κ2) is 5.57. The summed E-state index contributed by atoms with van der Waals surface area (Å²) in [4.78, 5) is 28.1. The minimum atomic E-state index is -1.30. The lowest BCUT2D eigenvalue weighted by molar-refractivity contribution is -0.143. The fourth-order valence-electron chi connectivity index (χ4n) is 2.50. The third-order valence-electron chi connectivity index (χ3n) is 3.70. The Morgan fingerprint density at radius 3 is 2.91 bits per heavy atom. The molecule has 0 bridgehead atoms. The number of carboxylic acid groups (broad SMARTS) is 1. The summed E-state index contributed by atoms with van der Waals surface area (Å²) in [6.07, 6.45) is 1.86. The number of fused-ring (bicyclic) bond motifs is 1. The van der Waals surface area contributed by atoms with E-state index in [1.807, 2.05) is 0 Å². The van der Waals surface area contributed by atoms with E-state index in [-0.39, 0.29) is 5.56 Å². The lowest BCUT2D eigenvalue weighted by Crippen LogP contribution is -2.54. The van der Waals surface area contributed by atoms with Crippen LogP contribution < -0.4 is 5.32 Å². The van der Waals surface area contributed by atoms with Crippen LogP contribution in [0.5, 0.6) is 0 Å². The van der Waals surface area contributed by atoms with Gasteiger partial charge in [0.15, 0.2) is 0 Å². The smallest absolute Gasteiger partial charge is 0.330 e. The van der Waals surface area contributed by atoms with Crippen LogP contribution in [0, 0.1) is 5.82 Å². The van der Waals surface area contributed by atoms with E-state index in [0.717, 1.165) is 6.07 Å². The number of amides is 1. The summed E-state index contributed by atoms with van der Waals surface area (Å²) in [5, 5.41) is 12.5. The highest BCUT2D eigenvalue weighted by molar-refractivity contribution is 7.99. The van der Waals surface area contributed by atoms with Gasteiger partial charge in [-0.2, -0.15) is 11.8 Å². The molecule has 1 aliphatic rings. The zero-order valence-corrected chi connectivity index (χ0v) is 12.3. The third-order valence-corrected chi connectivity index (χ3v) is 4.89. The number of benzene rings is 1. The summed E-state index contributed by atoms with van der Waals surface area (Å²) in [5.41, 5.74) is -0.893. The molecule has 1 aromatic heterocycles. The Morgan fingerprint density at radius 2 is 2.23 bits per heavy atom. The number of aromatic nitrogens is 1. The molecule has 1 saturated heterocycles. The molecule has 1 atom stereocenters. The summed E-state index contributed by atoms with van der Waals surface area (Å²) in [5.74, 6) is -1.29. The molecule has 0 radical (unpaired) electrons. The van der Waals surface area contributed by atoms with Crippen molar-refractivity contribution in [1.29, 1.82) is 0 Å². The molecule has 1 amide bonds. The van der Waals surface area contributed by atoms with Crippen molar-refractivity contribution >= 4 is 34.5 Å². The van der Waals surface area contributed by atoms with Crippen molar-refractivity contribution in [2.75, 3.05) is 11.5 Å². The number of aliphatic carboxylic acids is 1. The average molecular weight is 320 g/mol. The minimum Gasteiger partial charge on any atom is -0.479 e. The number of nitrogens with one attached hydrogen (secondary N) is 1. The zero-order valence-electron chi connectivity index (χ0n) is 11.5. The maximum Gasteiger partial charge on any atom is 0.330 e. The van der Waals surface area contributed by atoms with E-state index in [0.29, 0.717) is 28.8 Å².